The maximum atomic E-state index is 13.1. The molecule has 2 aromatic carbocycles. The maximum absolute atomic E-state index is 13.1. The van der Waals surface area contributed by atoms with Crippen molar-refractivity contribution in [3.63, 3.8) is 0 Å². The minimum Gasteiger partial charge on any atom is -0.317 e. The third kappa shape index (κ3) is 17.7. The first-order valence-electron chi connectivity index (χ1n) is 15.9. The van der Waals surface area contributed by atoms with Gasteiger partial charge in [-0.2, -0.15) is 18.4 Å². The largest absolute Gasteiger partial charge is 0.416 e. The van der Waals surface area contributed by atoms with Crippen LogP contribution < -0.4 is 5.32 Å². The summed E-state index contributed by atoms with van der Waals surface area (Å²) in [5.74, 6) is -1.18. The first-order chi connectivity index (χ1) is 22.6. The molecule has 0 heterocycles. The fourth-order valence-corrected chi connectivity index (χ4v) is 4.02. The van der Waals surface area contributed by atoms with Crippen LogP contribution >= 0.6 is 0 Å². The average Bonchev–Trinajstić information content (AvgIpc) is 3.07. The van der Waals surface area contributed by atoms with Crippen molar-refractivity contribution in [2.24, 2.45) is 5.92 Å². The van der Waals surface area contributed by atoms with E-state index in [9.17, 15) is 31.5 Å². The van der Waals surface area contributed by atoms with Gasteiger partial charge in [0.15, 0.2) is 24.2 Å². The highest BCUT2D eigenvalue weighted by Gasteiger charge is 2.30. The zero-order valence-corrected chi connectivity index (χ0v) is 29.7. The van der Waals surface area contributed by atoms with Gasteiger partial charge in [0.05, 0.1) is 17.2 Å². The Labute approximate surface area is 284 Å². The van der Waals surface area contributed by atoms with Gasteiger partial charge in [-0.3, -0.25) is 9.59 Å². The Kier molecular flexibility index (Phi) is 23.9. The number of nitrogens with zero attached hydrogens (tertiary/aromatic N) is 1. The average molecular weight is 675 g/mol. The van der Waals surface area contributed by atoms with Gasteiger partial charge >= 0.3 is 6.18 Å². The van der Waals surface area contributed by atoms with Gasteiger partial charge in [-0.15, -0.1) is 0 Å². The smallest absolute Gasteiger partial charge is 0.317 e. The number of aldehydes is 2. The Morgan fingerprint density at radius 2 is 1.69 bits per heavy atom. The van der Waals surface area contributed by atoms with Crippen molar-refractivity contribution in [1.82, 2.24) is 5.32 Å². The molecule has 9 heteroatoms. The molecule has 0 aliphatic heterocycles. The number of nitrogens with one attached hydrogen (secondary N) is 1. The van der Waals surface area contributed by atoms with Crippen LogP contribution in [0.15, 0.2) is 77.9 Å². The van der Waals surface area contributed by atoms with Crippen molar-refractivity contribution in [2.45, 2.75) is 93.3 Å². The summed E-state index contributed by atoms with van der Waals surface area (Å²) >= 11 is 0. The summed E-state index contributed by atoms with van der Waals surface area (Å²) in [6.07, 6.45) is 5.79. The van der Waals surface area contributed by atoms with E-state index in [1.165, 1.54) is 12.1 Å². The molecule has 0 spiro atoms. The number of allylic oxidation sites excluding steroid dienone is 7. The monoisotopic (exact) mass is 674 g/mol. The van der Waals surface area contributed by atoms with Crippen LogP contribution in [0, 0.1) is 35.8 Å². The van der Waals surface area contributed by atoms with Crippen LogP contribution in [0.1, 0.15) is 90.0 Å². The van der Waals surface area contributed by atoms with E-state index in [1.807, 2.05) is 33.8 Å². The lowest BCUT2D eigenvalue weighted by Gasteiger charge is -2.13. The van der Waals surface area contributed by atoms with E-state index < -0.39 is 23.4 Å². The van der Waals surface area contributed by atoms with E-state index in [4.69, 9.17) is 5.26 Å². The first kappa shape index (κ1) is 46.0. The highest BCUT2D eigenvalue weighted by molar-refractivity contribution is 5.99. The predicted octanol–water partition coefficient (Wildman–Crippen LogP) is 10.7. The van der Waals surface area contributed by atoms with Crippen LogP contribution in [-0.4, -0.2) is 25.7 Å². The second-order valence-corrected chi connectivity index (χ2v) is 10.8. The van der Waals surface area contributed by atoms with Gasteiger partial charge in [0.2, 0.25) is 0 Å². The molecule has 0 fully saturated rings. The van der Waals surface area contributed by atoms with Gasteiger partial charge in [0, 0.05) is 11.6 Å². The van der Waals surface area contributed by atoms with Crippen molar-refractivity contribution < 1.29 is 31.5 Å². The molecule has 48 heavy (non-hydrogen) atoms. The molecule has 0 aromatic heterocycles. The molecule has 0 aliphatic carbocycles. The van der Waals surface area contributed by atoms with Crippen molar-refractivity contribution in [1.29, 1.82) is 5.26 Å². The van der Waals surface area contributed by atoms with E-state index in [1.54, 1.807) is 52.1 Å². The molecule has 2 atom stereocenters. The molecule has 2 unspecified atom stereocenters. The Morgan fingerprint density at radius 3 is 2.17 bits per heavy atom. The van der Waals surface area contributed by atoms with Crippen LogP contribution in [0.2, 0.25) is 0 Å². The minimum absolute atomic E-state index is 0.149. The lowest BCUT2D eigenvalue weighted by molar-refractivity contribution is -0.137. The molecule has 2 aromatic rings. The summed E-state index contributed by atoms with van der Waals surface area (Å²) in [4.78, 5) is 20.5. The Hall–Kier alpha value is -4.16. The SMILES string of the molecule is C=C(C#N)/C(C)=C\C(=C/C)c1cc(C(F)(F)F)ccc1C.CC.CCCCC(C)C=C(C=O)C=O.CNC(C)Cc1cccc(F)c1F. The van der Waals surface area contributed by atoms with Gasteiger partial charge in [-0.05, 0) is 99.5 Å². The highest BCUT2D eigenvalue weighted by atomic mass is 19.4. The number of rotatable bonds is 12. The van der Waals surface area contributed by atoms with Crippen molar-refractivity contribution in [3.05, 3.63) is 112 Å². The highest BCUT2D eigenvalue weighted by Crippen LogP contribution is 2.33. The lowest BCUT2D eigenvalue weighted by atomic mass is 9.95. The molecule has 0 radical (unpaired) electrons. The first-order valence-corrected chi connectivity index (χ1v) is 15.9. The van der Waals surface area contributed by atoms with E-state index in [0.29, 0.717) is 52.8 Å². The Bertz CT molecular complexity index is 1420. The second kappa shape index (κ2) is 24.9. The van der Waals surface area contributed by atoms with Crippen LogP contribution in [0.4, 0.5) is 22.0 Å². The topological polar surface area (TPSA) is 70.0 Å². The molecule has 0 saturated heterocycles. The number of unbranched alkanes of at least 4 members (excludes halogenated alkanes) is 1. The zero-order chi connectivity index (χ0) is 37.4. The number of carbonyl (C=O) groups excluding carboxylic acids is 2. The number of halogens is 5. The predicted molar refractivity (Wildman–Crippen MR) is 187 cm³/mol. The molecule has 0 bridgehead atoms. The fraction of sp³-hybridized carbons (Fsp3) is 0.410. The number of aryl methyl sites for hydroxylation is 1. The van der Waals surface area contributed by atoms with Crippen molar-refractivity contribution in [2.75, 3.05) is 7.05 Å². The Balaban J connectivity index is 0. The third-order valence-electron chi connectivity index (χ3n) is 6.98. The number of nitriles is 1. The molecule has 4 nitrogen and oxygen atoms in total. The van der Waals surface area contributed by atoms with Gasteiger partial charge < -0.3 is 5.32 Å². The van der Waals surface area contributed by atoms with Crippen LogP contribution in [0.25, 0.3) is 5.57 Å². The number of hydrogen-bond acceptors (Lipinski definition) is 4. The normalized spacial score (nSPS) is 12.3. The maximum Gasteiger partial charge on any atom is 0.416 e. The summed E-state index contributed by atoms with van der Waals surface area (Å²) in [6.45, 7) is 18.9. The van der Waals surface area contributed by atoms with Gasteiger partial charge in [0.25, 0.3) is 0 Å². The molecule has 0 amide bonds. The number of benzene rings is 2. The molecule has 1 N–H and O–H groups in total. The number of carbonyl (C=O) groups is 2. The van der Waals surface area contributed by atoms with Crippen LogP contribution in [0.5, 0.6) is 0 Å². The summed E-state index contributed by atoms with van der Waals surface area (Å²) < 4.78 is 64.3. The molecule has 2 rings (SSSR count). The minimum atomic E-state index is -4.38. The zero-order valence-electron chi connectivity index (χ0n) is 29.7. The van der Waals surface area contributed by atoms with E-state index in [2.05, 4.69) is 18.8 Å². The number of alkyl halides is 3. The molecule has 0 aliphatic rings. The fourth-order valence-electron chi connectivity index (χ4n) is 4.02. The van der Waals surface area contributed by atoms with E-state index in [-0.39, 0.29) is 11.6 Å². The van der Waals surface area contributed by atoms with Crippen LogP contribution in [-0.2, 0) is 22.2 Å². The van der Waals surface area contributed by atoms with E-state index in [0.717, 1.165) is 43.0 Å². The summed E-state index contributed by atoms with van der Waals surface area (Å²) in [6, 6.07) is 9.97. The molecular formula is C39H51F5N2O2. The van der Waals surface area contributed by atoms with Gasteiger partial charge in [-0.25, -0.2) is 8.78 Å². The lowest BCUT2D eigenvalue weighted by Crippen LogP contribution is -2.24. The quantitative estimate of drug-likeness (QED) is 0.0463. The molecule has 0 saturated carbocycles. The van der Waals surface area contributed by atoms with Gasteiger partial charge in [-0.1, -0.05) is 83.5 Å². The summed E-state index contributed by atoms with van der Waals surface area (Å²) in [5, 5.41) is 11.8. The summed E-state index contributed by atoms with van der Waals surface area (Å²) in [7, 11) is 1.79. The molecule has 264 valence electrons. The van der Waals surface area contributed by atoms with Crippen molar-refractivity contribution in [3.8, 4) is 6.07 Å². The standard InChI is InChI=1S/C17H16F3N.C10H13F2N.C10H16O2.C2H6/c1-5-14(8-12(3)13(4)10-21)16-9-15(17(18,19)20)7-6-11(16)2;1-7(13-2)6-8-4-3-5-9(11)10(8)12;1-3-4-5-9(2)6-10(7-11)8-12;1-2/h5-9H,4H2,1-3H3;3-5,7,13H,6H2,1-2H3;6-9H,3-5H2,1-2H3;1-2H3/b12-8-,14-5+;;;. The van der Waals surface area contributed by atoms with Crippen LogP contribution in [0.3, 0.4) is 0 Å². The number of hydrogen-bond donors (Lipinski definition) is 1. The van der Waals surface area contributed by atoms with Gasteiger partial charge in [0.1, 0.15) is 0 Å². The number of likely N-dealkylation sites (N-methyl/N-ethyl adjacent to an activating group) is 1. The molecular weight excluding hydrogens is 623 g/mol. The third-order valence-corrected chi connectivity index (χ3v) is 6.98. The van der Waals surface area contributed by atoms with E-state index >= 15 is 0 Å². The Morgan fingerprint density at radius 1 is 1.08 bits per heavy atom. The van der Waals surface area contributed by atoms with Crippen molar-refractivity contribution >= 4 is 18.1 Å². The summed E-state index contributed by atoms with van der Waals surface area (Å²) in [5.41, 5.74) is 2.78. The second-order valence-electron chi connectivity index (χ2n) is 10.8.